The van der Waals surface area contributed by atoms with Crippen LogP contribution in [-0.2, 0) is 11.3 Å². The molecular weight excluding hydrogens is 290 g/mol. The summed E-state index contributed by atoms with van der Waals surface area (Å²) in [5.74, 6) is 0.985. The number of piperidine rings is 1. The Morgan fingerprint density at radius 2 is 2.13 bits per heavy atom. The van der Waals surface area contributed by atoms with Crippen LogP contribution in [0.5, 0.6) is 0 Å². The second kappa shape index (κ2) is 7.26. The van der Waals surface area contributed by atoms with E-state index in [1.165, 1.54) is 19.3 Å². The van der Waals surface area contributed by atoms with Gasteiger partial charge in [0.25, 0.3) is 0 Å². The Morgan fingerprint density at radius 1 is 1.30 bits per heavy atom. The van der Waals surface area contributed by atoms with Crippen molar-refractivity contribution >= 4 is 11.7 Å². The molecule has 0 spiro atoms. The zero-order valence-corrected chi connectivity index (χ0v) is 13.5. The molecule has 23 heavy (non-hydrogen) atoms. The van der Waals surface area contributed by atoms with Crippen LogP contribution < -0.4 is 10.2 Å². The van der Waals surface area contributed by atoms with Gasteiger partial charge in [-0.1, -0.05) is 6.07 Å². The van der Waals surface area contributed by atoms with E-state index < -0.39 is 0 Å². The zero-order chi connectivity index (χ0) is 16.1. The summed E-state index contributed by atoms with van der Waals surface area (Å²) in [6.07, 6.45) is 9.11. The summed E-state index contributed by atoms with van der Waals surface area (Å²) in [5.41, 5.74) is 1.01. The molecule has 0 aromatic carbocycles. The predicted molar refractivity (Wildman–Crippen MR) is 89.1 cm³/mol. The summed E-state index contributed by atoms with van der Waals surface area (Å²) in [5, 5.41) is 7.03. The Labute approximate surface area is 136 Å². The summed E-state index contributed by atoms with van der Waals surface area (Å²) in [4.78, 5) is 19.0. The zero-order valence-electron chi connectivity index (χ0n) is 13.5. The van der Waals surface area contributed by atoms with Gasteiger partial charge in [-0.25, -0.2) is 4.98 Å². The van der Waals surface area contributed by atoms with Crippen molar-refractivity contribution in [2.75, 3.05) is 18.0 Å². The van der Waals surface area contributed by atoms with Crippen LogP contribution in [-0.4, -0.2) is 33.8 Å². The van der Waals surface area contributed by atoms with Gasteiger partial charge in [-0.3, -0.25) is 9.48 Å². The van der Waals surface area contributed by atoms with Crippen molar-refractivity contribution in [3.63, 3.8) is 0 Å². The van der Waals surface area contributed by atoms with Crippen LogP contribution in [0.4, 0.5) is 5.82 Å². The van der Waals surface area contributed by atoms with E-state index in [9.17, 15) is 4.79 Å². The van der Waals surface area contributed by atoms with Crippen LogP contribution in [0.15, 0.2) is 36.8 Å². The number of rotatable bonds is 5. The maximum Gasteiger partial charge on any atom is 0.244 e. The van der Waals surface area contributed by atoms with Crippen molar-refractivity contribution in [2.45, 2.75) is 38.8 Å². The van der Waals surface area contributed by atoms with Crippen LogP contribution in [0.2, 0.25) is 0 Å². The minimum absolute atomic E-state index is 0.0474. The van der Waals surface area contributed by atoms with Crippen molar-refractivity contribution in [3.8, 4) is 0 Å². The molecule has 3 rings (SSSR count). The molecule has 1 atom stereocenters. The summed E-state index contributed by atoms with van der Waals surface area (Å²) in [6, 6.07) is 5.58. The Morgan fingerprint density at radius 3 is 2.78 bits per heavy atom. The lowest BCUT2D eigenvalue weighted by molar-refractivity contribution is -0.124. The largest absolute Gasteiger partial charge is 0.357 e. The first kappa shape index (κ1) is 15.5. The molecule has 0 bridgehead atoms. The third kappa shape index (κ3) is 3.88. The van der Waals surface area contributed by atoms with Crippen molar-refractivity contribution in [1.29, 1.82) is 0 Å². The second-order valence-corrected chi connectivity index (χ2v) is 5.95. The fourth-order valence-electron chi connectivity index (χ4n) is 2.80. The summed E-state index contributed by atoms with van der Waals surface area (Å²) >= 11 is 0. The molecule has 1 aliphatic heterocycles. The molecule has 122 valence electrons. The van der Waals surface area contributed by atoms with Gasteiger partial charge in [0, 0.05) is 38.2 Å². The van der Waals surface area contributed by atoms with Gasteiger partial charge < -0.3 is 10.2 Å². The monoisotopic (exact) mass is 313 g/mol. The van der Waals surface area contributed by atoms with E-state index in [2.05, 4.69) is 20.3 Å². The number of carbonyl (C=O) groups is 1. The van der Waals surface area contributed by atoms with Gasteiger partial charge in [0.2, 0.25) is 5.91 Å². The van der Waals surface area contributed by atoms with Crippen LogP contribution in [0.25, 0.3) is 0 Å². The molecule has 6 nitrogen and oxygen atoms in total. The molecule has 1 N–H and O–H groups in total. The van der Waals surface area contributed by atoms with Crippen molar-refractivity contribution < 1.29 is 4.79 Å². The quantitative estimate of drug-likeness (QED) is 0.918. The maximum absolute atomic E-state index is 12.1. The van der Waals surface area contributed by atoms with Gasteiger partial charge in [0.05, 0.1) is 0 Å². The fraction of sp³-hybridized carbons (Fsp3) is 0.471. The molecule has 1 fully saturated rings. The second-order valence-electron chi connectivity index (χ2n) is 5.95. The Balaban J connectivity index is 1.53. The molecule has 2 aromatic heterocycles. The lowest BCUT2D eigenvalue weighted by Gasteiger charge is -2.27. The van der Waals surface area contributed by atoms with Gasteiger partial charge in [0.15, 0.2) is 0 Å². The first-order valence-electron chi connectivity index (χ1n) is 8.21. The minimum Gasteiger partial charge on any atom is -0.357 e. The van der Waals surface area contributed by atoms with E-state index in [4.69, 9.17) is 0 Å². The normalized spacial score (nSPS) is 16.1. The SMILES string of the molecule is C[C@H](C(=O)NCc1ccc(N2CCCCC2)nc1)n1cccn1. The van der Waals surface area contributed by atoms with E-state index in [-0.39, 0.29) is 11.9 Å². The number of hydrogen-bond acceptors (Lipinski definition) is 4. The predicted octanol–water partition coefficient (Wildman–Crippen LogP) is 2.15. The average Bonchev–Trinajstić information content (AvgIpc) is 3.15. The lowest BCUT2D eigenvalue weighted by Crippen LogP contribution is -2.31. The van der Waals surface area contributed by atoms with Crippen LogP contribution in [0.1, 0.15) is 37.8 Å². The first-order valence-corrected chi connectivity index (χ1v) is 8.21. The number of pyridine rings is 1. The highest BCUT2D eigenvalue weighted by Gasteiger charge is 2.15. The van der Waals surface area contributed by atoms with E-state index >= 15 is 0 Å². The van der Waals surface area contributed by atoms with Crippen LogP contribution in [0, 0.1) is 0 Å². The highest BCUT2D eigenvalue weighted by atomic mass is 16.2. The van der Waals surface area contributed by atoms with Gasteiger partial charge in [-0.15, -0.1) is 0 Å². The van der Waals surface area contributed by atoms with Crippen LogP contribution >= 0.6 is 0 Å². The summed E-state index contributed by atoms with van der Waals surface area (Å²) in [7, 11) is 0. The number of anilines is 1. The van der Waals surface area contributed by atoms with Gasteiger partial charge in [0.1, 0.15) is 11.9 Å². The molecule has 3 heterocycles. The van der Waals surface area contributed by atoms with Gasteiger partial charge >= 0.3 is 0 Å². The molecule has 1 saturated heterocycles. The highest BCUT2D eigenvalue weighted by molar-refractivity contribution is 5.79. The standard InChI is InChI=1S/C17H23N5O/c1-14(22-11-5-8-20-22)17(23)19-13-15-6-7-16(18-12-15)21-9-3-2-4-10-21/h5-8,11-12,14H,2-4,9-10,13H2,1H3,(H,19,23)/t14-/m1/s1. The number of amides is 1. The Kier molecular flexibility index (Phi) is 4.90. The van der Waals surface area contributed by atoms with Gasteiger partial charge in [-0.2, -0.15) is 5.10 Å². The van der Waals surface area contributed by atoms with Crippen molar-refractivity contribution in [1.82, 2.24) is 20.1 Å². The molecule has 2 aromatic rings. The smallest absolute Gasteiger partial charge is 0.244 e. The van der Waals surface area contributed by atoms with Crippen LogP contribution in [0.3, 0.4) is 0 Å². The molecule has 0 unspecified atom stereocenters. The molecule has 0 aliphatic carbocycles. The lowest BCUT2D eigenvalue weighted by atomic mass is 10.1. The number of hydrogen-bond donors (Lipinski definition) is 1. The van der Waals surface area contributed by atoms with E-state index in [1.807, 2.05) is 31.3 Å². The van der Waals surface area contributed by atoms with E-state index in [0.717, 1.165) is 24.5 Å². The Bertz CT molecular complexity index is 617. The summed E-state index contributed by atoms with van der Waals surface area (Å²) in [6.45, 7) is 4.49. The molecular formula is C17H23N5O. The molecule has 1 amide bonds. The van der Waals surface area contributed by atoms with Crippen molar-refractivity contribution in [2.24, 2.45) is 0 Å². The molecule has 0 radical (unpaired) electrons. The number of aromatic nitrogens is 3. The third-order valence-corrected chi connectivity index (χ3v) is 4.26. The summed E-state index contributed by atoms with van der Waals surface area (Å²) < 4.78 is 1.65. The highest BCUT2D eigenvalue weighted by Crippen LogP contribution is 2.17. The third-order valence-electron chi connectivity index (χ3n) is 4.26. The van der Waals surface area contributed by atoms with E-state index in [0.29, 0.717) is 6.54 Å². The number of carbonyl (C=O) groups excluding carboxylic acids is 1. The minimum atomic E-state index is -0.314. The first-order chi connectivity index (χ1) is 11.2. The fourth-order valence-corrected chi connectivity index (χ4v) is 2.80. The van der Waals surface area contributed by atoms with Crippen molar-refractivity contribution in [3.05, 3.63) is 42.4 Å². The number of nitrogens with zero attached hydrogens (tertiary/aromatic N) is 4. The molecule has 1 aliphatic rings. The molecule has 0 saturated carbocycles. The Hall–Kier alpha value is -2.37. The maximum atomic E-state index is 12.1. The number of nitrogens with one attached hydrogen (secondary N) is 1. The van der Waals surface area contributed by atoms with E-state index in [1.54, 1.807) is 17.1 Å². The molecule has 6 heteroatoms. The van der Waals surface area contributed by atoms with Gasteiger partial charge in [-0.05, 0) is 43.9 Å². The average molecular weight is 313 g/mol. The topological polar surface area (TPSA) is 63.1 Å².